The predicted octanol–water partition coefficient (Wildman–Crippen LogP) is 2.74. The first kappa shape index (κ1) is 13.2. The Bertz CT molecular complexity index is 595. The van der Waals surface area contributed by atoms with Gasteiger partial charge in [0.15, 0.2) is 6.10 Å². The van der Waals surface area contributed by atoms with Gasteiger partial charge in [0.25, 0.3) is 5.91 Å². The molecule has 1 atom stereocenters. The van der Waals surface area contributed by atoms with Crippen LogP contribution in [0.4, 0.5) is 5.13 Å². The topological polar surface area (TPSA) is 64.1 Å². The first-order valence-electron chi connectivity index (χ1n) is 6.50. The Balaban J connectivity index is 1.70. The van der Waals surface area contributed by atoms with Crippen LogP contribution in [-0.2, 0) is 9.53 Å². The molecule has 1 saturated carbocycles. The highest BCUT2D eigenvalue weighted by Crippen LogP contribution is 2.42. The summed E-state index contributed by atoms with van der Waals surface area (Å²) in [6, 6.07) is 9.39. The Morgan fingerprint density at radius 1 is 1.35 bits per heavy atom. The summed E-state index contributed by atoms with van der Waals surface area (Å²) in [5.41, 5.74) is 0.819. The van der Waals surface area contributed by atoms with E-state index >= 15 is 0 Å². The number of nitrogens with zero attached hydrogens (tertiary/aromatic N) is 2. The minimum absolute atomic E-state index is 0.225. The number of nitrogens with one attached hydrogen (secondary N) is 1. The Labute approximate surface area is 121 Å². The summed E-state index contributed by atoms with van der Waals surface area (Å²) in [5.74, 6) is 0.322. The molecule has 1 heterocycles. The zero-order valence-corrected chi connectivity index (χ0v) is 11.9. The molecule has 0 aliphatic heterocycles. The van der Waals surface area contributed by atoms with Crippen LogP contribution in [0.2, 0.25) is 0 Å². The minimum Gasteiger partial charge on any atom is -0.367 e. The Morgan fingerprint density at radius 3 is 2.75 bits per heavy atom. The molecule has 1 N–H and O–H groups in total. The third-order valence-electron chi connectivity index (χ3n) is 3.17. The van der Waals surface area contributed by atoms with Crippen LogP contribution >= 0.6 is 11.3 Å². The molecule has 6 heteroatoms. The second-order valence-corrected chi connectivity index (χ2v) is 5.74. The van der Waals surface area contributed by atoms with Crippen molar-refractivity contribution < 1.29 is 9.53 Å². The summed E-state index contributed by atoms with van der Waals surface area (Å²) in [7, 11) is 1.52. The maximum Gasteiger partial charge on any atom is 0.259 e. The number of carbonyl (C=O) groups is 1. The maximum atomic E-state index is 12.2. The highest BCUT2D eigenvalue weighted by atomic mass is 32.1. The van der Waals surface area contributed by atoms with Crippen molar-refractivity contribution in [1.29, 1.82) is 0 Å². The van der Waals surface area contributed by atoms with Crippen molar-refractivity contribution in [2.24, 2.45) is 0 Å². The van der Waals surface area contributed by atoms with Gasteiger partial charge in [-0.15, -0.1) is 10.2 Å². The van der Waals surface area contributed by atoms with Crippen molar-refractivity contribution in [2.45, 2.75) is 24.9 Å². The van der Waals surface area contributed by atoms with E-state index in [1.807, 2.05) is 30.3 Å². The standard InChI is InChI=1S/C14H15N3O2S/c1-19-11(9-5-3-2-4-6-9)12(18)15-14-17-16-13(20-14)10-7-8-10/h2-6,10-11H,7-8H2,1H3,(H,15,17,18)/t11-/m1/s1. The van der Waals surface area contributed by atoms with E-state index in [0.29, 0.717) is 11.0 Å². The van der Waals surface area contributed by atoms with E-state index < -0.39 is 6.10 Å². The minimum atomic E-state index is -0.635. The van der Waals surface area contributed by atoms with E-state index in [0.717, 1.165) is 10.6 Å². The largest absolute Gasteiger partial charge is 0.367 e. The fraction of sp³-hybridized carbons (Fsp3) is 0.357. The number of benzene rings is 1. The highest BCUT2D eigenvalue weighted by molar-refractivity contribution is 7.15. The molecular formula is C14H15N3O2S. The van der Waals surface area contributed by atoms with Crippen LogP contribution in [0.3, 0.4) is 0 Å². The molecule has 0 saturated heterocycles. The molecule has 1 amide bonds. The van der Waals surface area contributed by atoms with E-state index in [1.165, 1.54) is 31.3 Å². The van der Waals surface area contributed by atoms with Crippen molar-refractivity contribution in [3.05, 3.63) is 40.9 Å². The van der Waals surface area contributed by atoms with Gasteiger partial charge in [-0.3, -0.25) is 10.1 Å². The SMILES string of the molecule is CO[C@@H](C(=O)Nc1nnc(C2CC2)s1)c1ccccc1. The van der Waals surface area contributed by atoms with E-state index in [2.05, 4.69) is 15.5 Å². The summed E-state index contributed by atoms with van der Waals surface area (Å²) >= 11 is 1.45. The third kappa shape index (κ3) is 2.86. The first-order chi connectivity index (χ1) is 9.78. The zero-order valence-electron chi connectivity index (χ0n) is 11.1. The van der Waals surface area contributed by atoms with Gasteiger partial charge in [0.1, 0.15) is 5.01 Å². The molecule has 1 aliphatic rings. The molecule has 1 aromatic heterocycles. The maximum absolute atomic E-state index is 12.2. The molecular weight excluding hydrogens is 274 g/mol. The first-order valence-corrected chi connectivity index (χ1v) is 7.31. The number of ether oxygens (including phenoxy) is 1. The second kappa shape index (κ2) is 5.68. The molecule has 1 aliphatic carbocycles. The lowest BCUT2D eigenvalue weighted by molar-refractivity contribution is -0.126. The summed E-state index contributed by atoms with van der Waals surface area (Å²) in [6.07, 6.45) is 1.71. The average Bonchev–Trinajstić information content (AvgIpc) is 3.22. The summed E-state index contributed by atoms with van der Waals surface area (Å²) in [5, 5.41) is 12.4. The van der Waals surface area contributed by atoms with E-state index in [-0.39, 0.29) is 5.91 Å². The number of hydrogen-bond donors (Lipinski definition) is 1. The lowest BCUT2D eigenvalue weighted by Crippen LogP contribution is -2.22. The number of methoxy groups -OCH3 is 1. The van der Waals surface area contributed by atoms with Crippen LogP contribution in [0.5, 0.6) is 0 Å². The Hall–Kier alpha value is -1.79. The number of anilines is 1. The van der Waals surface area contributed by atoms with Crippen LogP contribution in [0, 0.1) is 0 Å². The summed E-state index contributed by atoms with van der Waals surface area (Å²) in [6.45, 7) is 0. The normalized spacial score (nSPS) is 15.8. The molecule has 1 aromatic carbocycles. The molecule has 0 unspecified atom stereocenters. The monoisotopic (exact) mass is 289 g/mol. The van der Waals surface area contributed by atoms with Gasteiger partial charge in [-0.25, -0.2) is 0 Å². The van der Waals surface area contributed by atoms with Gasteiger partial charge in [0.2, 0.25) is 5.13 Å². The number of aromatic nitrogens is 2. The molecule has 0 bridgehead atoms. The molecule has 20 heavy (non-hydrogen) atoms. The van der Waals surface area contributed by atoms with E-state index in [9.17, 15) is 4.79 Å². The number of rotatable bonds is 5. The lowest BCUT2D eigenvalue weighted by Gasteiger charge is -2.14. The fourth-order valence-corrected chi connectivity index (χ4v) is 2.89. The highest BCUT2D eigenvalue weighted by Gasteiger charge is 2.28. The van der Waals surface area contributed by atoms with Gasteiger partial charge in [-0.2, -0.15) is 0 Å². The Kier molecular flexibility index (Phi) is 3.75. The molecule has 1 fully saturated rings. The van der Waals surface area contributed by atoms with Crippen LogP contribution in [0.15, 0.2) is 30.3 Å². The number of carbonyl (C=O) groups excluding carboxylic acids is 1. The van der Waals surface area contributed by atoms with Gasteiger partial charge in [0, 0.05) is 13.0 Å². The molecule has 0 radical (unpaired) electrons. The number of hydrogen-bond acceptors (Lipinski definition) is 5. The molecule has 104 valence electrons. The van der Waals surface area contributed by atoms with Crippen LogP contribution in [0.1, 0.15) is 35.4 Å². The molecule has 0 spiro atoms. The van der Waals surface area contributed by atoms with Gasteiger partial charge >= 0.3 is 0 Å². The van der Waals surface area contributed by atoms with Crippen LogP contribution in [-0.4, -0.2) is 23.2 Å². The molecule has 5 nitrogen and oxygen atoms in total. The second-order valence-electron chi connectivity index (χ2n) is 4.74. The lowest BCUT2D eigenvalue weighted by atomic mass is 10.1. The summed E-state index contributed by atoms with van der Waals surface area (Å²) < 4.78 is 5.28. The molecule has 3 rings (SSSR count). The van der Waals surface area contributed by atoms with Crippen molar-refractivity contribution in [2.75, 3.05) is 12.4 Å². The zero-order chi connectivity index (χ0) is 13.9. The van der Waals surface area contributed by atoms with Gasteiger partial charge in [-0.05, 0) is 18.4 Å². The van der Waals surface area contributed by atoms with Gasteiger partial charge < -0.3 is 4.74 Å². The van der Waals surface area contributed by atoms with Crippen molar-refractivity contribution in [1.82, 2.24) is 10.2 Å². The van der Waals surface area contributed by atoms with Crippen molar-refractivity contribution >= 4 is 22.4 Å². The fourth-order valence-electron chi connectivity index (χ4n) is 1.97. The van der Waals surface area contributed by atoms with Gasteiger partial charge in [-0.1, -0.05) is 41.7 Å². The van der Waals surface area contributed by atoms with Crippen molar-refractivity contribution in [3.8, 4) is 0 Å². The van der Waals surface area contributed by atoms with Crippen LogP contribution < -0.4 is 5.32 Å². The summed E-state index contributed by atoms with van der Waals surface area (Å²) in [4.78, 5) is 12.2. The molecule has 2 aromatic rings. The number of amides is 1. The van der Waals surface area contributed by atoms with E-state index in [1.54, 1.807) is 0 Å². The van der Waals surface area contributed by atoms with Crippen LogP contribution in [0.25, 0.3) is 0 Å². The van der Waals surface area contributed by atoms with Gasteiger partial charge in [0.05, 0.1) is 0 Å². The van der Waals surface area contributed by atoms with Crippen molar-refractivity contribution in [3.63, 3.8) is 0 Å². The third-order valence-corrected chi connectivity index (χ3v) is 4.17. The average molecular weight is 289 g/mol. The predicted molar refractivity (Wildman–Crippen MR) is 76.7 cm³/mol. The Morgan fingerprint density at radius 2 is 2.10 bits per heavy atom. The smallest absolute Gasteiger partial charge is 0.259 e. The quantitative estimate of drug-likeness (QED) is 0.919. The van der Waals surface area contributed by atoms with E-state index in [4.69, 9.17) is 4.74 Å².